The molecule has 0 saturated heterocycles. The maximum atomic E-state index is 13.0. The van der Waals surface area contributed by atoms with Crippen LogP contribution >= 0.6 is 0 Å². The van der Waals surface area contributed by atoms with Gasteiger partial charge in [-0.2, -0.15) is 0 Å². The molecule has 4 rings (SSSR count). The van der Waals surface area contributed by atoms with Crippen molar-refractivity contribution in [2.45, 2.75) is 6.92 Å². The summed E-state index contributed by atoms with van der Waals surface area (Å²) in [5.41, 5.74) is 2.46. The molecule has 0 N–H and O–H groups in total. The molecule has 0 bridgehead atoms. The van der Waals surface area contributed by atoms with Gasteiger partial charge >= 0.3 is 0 Å². The predicted molar refractivity (Wildman–Crippen MR) is 102 cm³/mol. The molecule has 3 aromatic carbocycles. The molecule has 0 fully saturated rings. The van der Waals surface area contributed by atoms with E-state index in [4.69, 9.17) is 4.74 Å². The van der Waals surface area contributed by atoms with E-state index >= 15 is 0 Å². The van der Waals surface area contributed by atoms with Crippen molar-refractivity contribution in [2.24, 2.45) is 0 Å². The highest BCUT2D eigenvalue weighted by Crippen LogP contribution is 2.37. The maximum absolute atomic E-state index is 13.0. The zero-order valence-corrected chi connectivity index (χ0v) is 14.4. The van der Waals surface area contributed by atoms with Crippen molar-refractivity contribution in [3.63, 3.8) is 0 Å². The molecular weight excluding hydrogens is 326 g/mol. The van der Waals surface area contributed by atoms with Crippen LogP contribution in [-0.2, 0) is 0 Å². The highest BCUT2D eigenvalue weighted by atomic mass is 16.5. The van der Waals surface area contributed by atoms with Crippen LogP contribution in [0.4, 0.5) is 5.69 Å². The summed E-state index contributed by atoms with van der Waals surface area (Å²) in [7, 11) is 0. The summed E-state index contributed by atoms with van der Waals surface area (Å²) in [4.78, 5) is 27.3. The molecule has 2 amide bonds. The van der Waals surface area contributed by atoms with Gasteiger partial charge in [-0.3, -0.25) is 9.59 Å². The number of amides is 2. The molecule has 0 spiro atoms. The van der Waals surface area contributed by atoms with E-state index in [-0.39, 0.29) is 11.8 Å². The topological polar surface area (TPSA) is 46.6 Å². The lowest BCUT2D eigenvalue weighted by Gasteiger charge is -2.27. The van der Waals surface area contributed by atoms with Crippen molar-refractivity contribution in [1.29, 1.82) is 0 Å². The summed E-state index contributed by atoms with van der Waals surface area (Å²) in [6.45, 7) is 6.11. The molecule has 0 unspecified atom stereocenters. The van der Waals surface area contributed by atoms with Gasteiger partial charge in [-0.1, -0.05) is 36.9 Å². The number of carbonyl (C=O) groups excluding carboxylic acids is 2. The molecule has 4 nitrogen and oxygen atoms in total. The number of nitrogens with zero attached hydrogens (tertiary/aromatic N) is 1. The zero-order chi connectivity index (χ0) is 18.3. The highest BCUT2D eigenvalue weighted by molar-refractivity contribution is 6.36. The summed E-state index contributed by atoms with van der Waals surface area (Å²) in [5.74, 6) is -0.00457. The van der Waals surface area contributed by atoms with Gasteiger partial charge in [0.1, 0.15) is 12.4 Å². The van der Waals surface area contributed by atoms with E-state index < -0.39 is 0 Å². The molecule has 26 heavy (non-hydrogen) atoms. The van der Waals surface area contributed by atoms with Gasteiger partial charge in [0, 0.05) is 21.9 Å². The monoisotopic (exact) mass is 343 g/mol. The largest absolute Gasteiger partial charge is 0.489 e. The molecule has 4 heteroatoms. The normalized spacial score (nSPS) is 13.2. The highest BCUT2D eigenvalue weighted by Gasteiger charge is 2.34. The fraction of sp³-hybridized carbons (Fsp3) is 0.0909. The molecule has 0 saturated carbocycles. The van der Waals surface area contributed by atoms with Gasteiger partial charge in [0.25, 0.3) is 11.8 Å². The van der Waals surface area contributed by atoms with Gasteiger partial charge in [0.05, 0.1) is 5.69 Å². The molecule has 0 radical (unpaired) electrons. The lowest BCUT2D eigenvalue weighted by molar-refractivity contribution is 0.0893. The van der Waals surface area contributed by atoms with E-state index in [9.17, 15) is 9.59 Å². The summed E-state index contributed by atoms with van der Waals surface area (Å²) in [6.07, 6.45) is 0. The van der Waals surface area contributed by atoms with Crippen molar-refractivity contribution in [1.82, 2.24) is 0 Å². The molecule has 1 aliphatic rings. The molecule has 128 valence electrons. The second-order valence-electron chi connectivity index (χ2n) is 6.37. The average molecular weight is 343 g/mol. The zero-order valence-electron chi connectivity index (χ0n) is 14.4. The Balaban J connectivity index is 1.89. The predicted octanol–water partition coefficient (Wildman–Crippen LogP) is 4.60. The van der Waals surface area contributed by atoms with Gasteiger partial charge in [0.2, 0.25) is 0 Å². The molecule has 1 heterocycles. The van der Waals surface area contributed by atoms with Gasteiger partial charge in [-0.05, 0) is 42.8 Å². The first kappa shape index (κ1) is 16.1. The first-order valence-electron chi connectivity index (χ1n) is 8.34. The van der Waals surface area contributed by atoms with E-state index in [2.05, 4.69) is 6.58 Å². The maximum Gasteiger partial charge on any atom is 0.265 e. The summed E-state index contributed by atoms with van der Waals surface area (Å²) >= 11 is 0. The molecule has 3 aromatic rings. The van der Waals surface area contributed by atoms with Crippen LogP contribution in [0.5, 0.6) is 5.75 Å². The van der Waals surface area contributed by atoms with E-state index in [0.717, 1.165) is 11.0 Å². The van der Waals surface area contributed by atoms with Crippen LogP contribution in [0.1, 0.15) is 27.6 Å². The van der Waals surface area contributed by atoms with Crippen LogP contribution in [0.25, 0.3) is 10.8 Å². The van der Waals surface area contributed by atoms with E-state index in [1.54, 1.807) is 42.5 Å². The van der Waals surface area contributed by atoms with Gasteiger partial charge in [-0.15, -0.1) is 0 Å². The lowest BCUT2D eigenvalue weighted by atomic mass is 9.93. The number of ether oxygens (including phenoxy) is 1. The number of hydrogen-bond acceptors (Lipinski definition) is 3. The SMILES string of the molecule is C=C(C)COc1ccc2c3c(cccc13)C(=O)N(c1ccccc1)C2=O. The van der Waals surface area contributed by atoms with E-state index in [0.29, 0.717) is 34.6 Å². The Morgan fingerprint density at radius 2 is 1.62 bits per heavy atom. The summed E-state index contributed by atoms with van der Waals surface area (Å²) < 4.78 is 5.81. The van der Waals surface area contributed by atoms with Crippen LogP contribution in [0, 0.1) is 0 Å². The lowest BCUT2D eigenvalue weighted by Crippen LogP contribution is -2.40. The van der Waals surface area contributed by atoms with Crippen LogP contribution < -0.4 is 9.64 Å². The van der Waals surface area contributed by atoms with Crippen LogP contribution in [-0.4, -0.2) is 18.4 Å². The van der Waals surface area contributed by atoms with Gasteiger partial charge in [-0.25, -0.2) is 4.90 Å². The Bertz CT molecular complexity index is 1030. The number of carbonyl (C=O) groups is 2. The van der Waals surface area contributed by atoms with Gasteiger partial charge in [0.15, 0.2) is 0 Å². The molecule has 1 aliphatic heterocycles. The van der Waals surface area contributed by atoms with E-state index in [1.165, 1.54) is 4.90 Å². The Labute approximate surface area is 151 Å². The smallest absolute Gasteiger partial charge is 0.265 e. The third kappa shape index (κ3) is 2.47. The minimum atomic E-state index is -0.323. The van der Waals surface area contributed by atoms with Crippen molar-refractivity contribution in [2.75, 3.05) is 11.5 Å². The summed E-state index contributed by atoms with van der Waals surface area (Å²) in [6, 6.07) is 17.9. The number of hydrogen-bond donors (Lipinski definition) is 0. The minimum absolute atomic E-state index is 0.323. The number of para-hydroxylation sites is 1. The van der Waals surface area contributed by atoms with Crippen LogP contribution in [0.3, 0.4) is 0 Å². The minimum Gasteiger partial charge on any atom is -0.489 e. The number of rotatable bonds is 4. The standard InChI is InChI=1S/C22H17NO3/c1-14(2)13-26-19-12-11-18-20-16(19)9-6-10-17(20)21(24)23(22(18)25)15-7-4-3-5-8-15/h3-12H,1,13H2,2H3. The van der Waals surface area contributed by atoms with Crippen LogP contribution in [0.15, 0.2) is 72.8 Å². The quantitative estimate of drug-likeness (QED) is 0.514. The second-order valence-corrected chi connectivity index (χ2v) is 6.37. The third-order valence-electron chi connectivity index (χ3n) is 4.36. The molecule has 0 atom stereocenters. The molecule has 0 aromatic heterocycles. The van der Waals surface area contributed by atoms with Gasteiger partial charge < -0.3 is 4.74 Å². The summed E-state index contributed by atoms with van der Waals surface area (Å²) in [5, 5.41) is 1.41. The van der Waals surface area contributed by atoms with Crippen molar-refractivity contribution in [3.05, 3.63) is 83.9 Å². The Kier molecular flexibility index (Phi) is 3.81. The number of benzene rings is 3. The van der Waals surface area contributed by atoms with Crippen LogP contribution in [0.2, 0.25) is 0 Å². The Morgan fingerprint density at radius 3 is 2.31 bits per heavy atom. The fourth-order valence-corrected chi connectivity index (χ4v) is 3.21. The number of anilines is 1. The third-order valence-corrected chi connectivity index (χ3v) is 4.36. The van der Waals surface area contributed by atoms with Crippen molar-refractivity contribution < 1.29 is 14.3 Å². The number of imide groups is 1. The molecular formula is C22H17NO3. The van der Waals surface area contributed by atoms with E-state index in [1.807, 2.05) is 25.1 Å². The van der Waals surface area contributed by atoms with Crippen molar-refractivity contribution >= 4 is 28.3 Å². The average Bonchev–Trinajstić information content (AvgIpc) is 2.65. The fourth-order valence-electron chi connectivity index (χ4n) is 3.21. The second kappa shape index (κ2) is 6.15. The first-order chi connectivity index (χ1) is 12.6. The van der Waals surface area contributed by atoms with Crippen molar-refractivity contribution in [3.8, 4) is 5.75 Å². The first-order valence-corrected chi connectivity index (χ1v) is 8.34. The molecule has 0 aliphatic carbocycles. The Hall–Kier alpha value is -3.40. The Morgan fingerprint density at radius 1 is 0.923 bits per heavy atom.